The summed E-state index contributed by atoms with van der Waals surface area (Å²) in [6.07, 6.45) is -2.71. The Balaban J connectivity index is 1.99. The van der Waals surface area contributed by atoms with Crippen LogP contribution in [0, 0.1) is 6.92 Å². The maximum absolute atomic E-state index is 12.5. The minimum absolute atomic E-state index is 0.174. The van der Waals surface area contributed by atoms with Gasteiger partial charge in [0.05, 0.1) is 18.8 Å². The first-order chi connectivity index (χ1) is 11.4. The number of aliphatic imine (C=N–C) groups is 1. The van der Waals surface area contributed by atoms with Gasteiger partial charge in [-0.05, 0) is 25.5 Å². The molecule has 0 spiro atoms. The lowest BCUT2D eigenvalue weighted by Crippen LogP contribution is -2.36. The van der Waals surface area contributed by atoms with Crippen LogP contribution in [0.1, 0.15) is 28.9 Å². The third-order valence-corrected chi connectivity index (χ3v) is 3.95. The molecule has 5 nitrogen and oxygen atoms in total. The molecule has 0 aliphatic heterocycles. The average molecular weight is 357 g/mol. The second-order valence-electron chi connectivity index (χ2n) is 4.94. The third kappa shape index (κ3) is 5.19. The standard InChI is InChI=1S/C15H18F3N5S/c1-3-19-14(21-7-11-10(2)5-4-6-20-11)22-8-13-23-12(9-24-13)15(16,17)18/h4-6,9H,3,7-8H2,1-2H3,(H2,19,21,22). The summed E-state index contributed by atoms with van der Waals surface area (Å²) in [5.74, 6) is 0.506. The number of guanidine groups is 1. The molecular weight excluding hydrogens is 339 g/mol. The maximum Gasteiger partial charge on any atom is 0.434 e. The van der Waals surface area contributed by atoms with E-state index in [0.29, 0.717) is 24.1 Å². The first-order valence-corrected chi connectivity index (χ1v) is 8.22. The molecule has 0 aliphatic carbocycles. The molecule has 0 saturated heterocycles. The fraction of sp³-hybridized carbons (Fsp3) is 0.400. The van der Waals surface area contributed by atoms with Crippen molar-refractivity contribution in [3.05, 3.63) is 45.7 Å². The van der Waals surface area contributed by atoms with E-state index in [1.165, 1.54) is 0 Å². The number of nitrogens with zero attached hydrogens (tertiary/aromatic N) is 3. The molecule has 0 aromatic carbocycles. The van der Waals surface area contributed by atoms with Crippen LogP contribution in [-0.4, -0.2) is 22.5 Å². The number of aryl methyl sites for hydroxylation is 1. The van der Waals surface area contributed by atoms with Crippen LogP contribution < -0.4 is 10.6 Å². The highest BCUT2D eigenvalue weighted by Gasteiger charge is 2.33. The van der Waals surface area contributed by atoms with Crippen molar-refractivity contribution in [3.63, 3.8) is 0 Å². The van der Waals surface area contributed by atoms with Crippen LogP contribution in [0.5, 0.6) is 0 Å². The number of nitrogens with one attached hydrogen (secondary N) is 2. The zero-order valence-electron chi connectivity index (χ0n) is 13.3. The Labute approximate surface area is 142 Å². The van der Waals surface area contributed by atoms with Gasteiger partial charge in [0.2, 0.25) is 0 Å². The number of alkyl halides is 3. The summed E-state index contributed by atoms with van der Waals surface area (Å²) in [6.45, 7) is 5.06. The van der Waals surface area contributed by atoms with Gasteiger partial charge in [0.15, 0.2) is 11.7 Å². The molecule has 0 atom stereocenters. The van der Waals surface area contributed by atoms with Crippen molar-refractivity contribution in [3.8, 4) is 0 Å². The van der Waals surface area contributed by atoms with Crippen LogP contribution in [0.25, 0.3) is 0 Å². The van der Waals surface area contributed by atoms with E-state index in [1.807, 2.05) is 26.0 Å². The van der Waals surface area contributed by atoms with Gasteiger partial charge < -0.3 is 10.6 Å². The van der Waals surface area contributed by atoms with Crippen LogP contribution in [-0.2, 0) is 19.3 Å². The lowest BCUT2D eigenvalue weighted by atomic mass is 10.2. The van der Waals surface area contributed by atoms with Crippen molar-refractivity contribution >= 4 is 17.3 Å². The van der Waals surface area contributed by atoms with Crippen molar-refractivity contribution in [1.29, 1.82) is 0 Å². The molecule has 2 rings (SSSR count). The summed E-state index contributed by atoms with van der Waals surface area (Å²) < 4.78 is 37.6. The quantitative estimate of drug-likeness (QED) is 0.638. The van der Waals surface area contributed by atoms with Gasteiger partial charge in [-0.25, -0.2) is 9.98 Å². The van der Waals surface area contributed by atoms with Gasteiger partial charge in [0.25, 0.3) is 0 Å². The number of halogens is 3. The van der Waals surface area contributed by atoms with Gasteiger partial charge in [-0.15, -0.1) is 11.3 Å². The molecule has 0 aliphatic rings. The molecule has 0 radical (unpaired) electrons. The Hall–Kier alpha value is -2.16. The average Bonchev–Trinajstić information content (AvgIpc) is 3.00. The second kappa shape index (κ2) is 8.09. The van der Waals surface area contributed by atoms with E-state index in [2.05, 4.69) is 25.6 Å². The number of hydrogen-bond acceptors (Lipinski definition) is 4. The van der Waals surface area contributed by atoms with Crippen LogP contribution >= 0.6 is 11.3 Å². The molecule has 130 valence electrons. The monoisotopic (exact) mass is 357 g/mol. The molecule has 24 heavy (non-hydrogen) atoms. The topological polar surface area (TPSA) is 62.2 Å². The summed E-state index contributed by atoms with van der Waals surface area (Å²) in [4.78, 5) is 12.2. The fourth-order valence-electron chi connectivity index (χ4n) is 1.86. The van der Waals surface area contributed by atoms with E-state index in [-0.39, 0.29) is 6.54 Å². The highest BCUT2D eigenvalue weighted by atomic mass is 32.1. The number of thiazole rings is 1. The number of rotatable bonds is 5. The Bertz CT molecular complexity index is 696. The number of pyridine rings is 1. The van der Waals surface area contributed by atoms with Crippen molar-refractivity contribution in [1.82, 2.24) is 20.6 Å². The molecule has 0 amide bonds. The molecule has 2 aromatic heterocycles. The lowest BCUT2D eigenvalue weighted by molar-refractivity contribution is -0.140. The van der Waals surface area contributed by atoms with E-state index < -0.39 is 11.9 Å². The van der Waals surface area contributed by atoms with E-state index in [1.54, 1.807) is 6.20 Å². The van der Waals surface area contributed by atoms with E-state index in [0.717, 1.165) is 28.0 Å². The molecule has 2 heterocycles. The Morgan fingerprint density at radius 2 is 2.12 bits per heavy atom. The summed E-state index contributed by atoms with van der Waals surface area (Å²) in [5.41, 5.74) is 1.02. The van der Waals surface area contributed by atoms with Crippen LogP contribution in [0.2, 0.25) is 0 Å². The molecular formula is C15H18F3N5S. The third-order valence-electron chi connectivity index (χ3n) is 3.10. The summed E-state index contributed by atoms with van der Waals surface area (Å²) in [5, 5.41) is 7.39. The largest absolute Gasteiger partial charge is 0.434 e. The summed E-state index contributed by atoms with van der Waals surface area (Å²) in [7, 11) is 0. The van der Waals surface area contributed by atoms with Gasteiger partial charge in [0, 0.05) is 18.1 Å². The molecule has 2 aromatic rings. The van der Waals surface area contributed by atoms with Gasteiger partial charge in [0.1, 0.15) is 5.01 Å². The van der Waals surface area contributed by atoms with Crippen LogP contribution in [0.15, 0.2) is 28.7 Å². The smallest absolute Gasteiger partial charge is 0.357 e. The molecule has 0 unspecified atom stereocenters. The van der Waals surface area contributed by atoms with E-state index >= 15 is 0 Å². The van der Waals surface area contributed by atoms with Gasteiger partial charge in [-0.3, -0.25) is 4.98 Å². The minimum Gasteiger partial charge on any atom is -0.357 e. The predicted molar refractivity (Wildman–Crippen MR) is 87.7 cm³/mol. The Morgan fingerprint density at radius 3 is 2.75 bits per heavy atom. The summed E-state index contributed by atoms with van der Waals surface area (Å²) >= 11 is 0.965. The first-order valence-electron chi connectivity index (χ1n) is 7.34. The Morgan fingerprint density at radius 1 is 1.33 bits per heavy atom. The van der Waals surface area contributed by atoms with E-state index in [4.69, 9.17) is 0 Å². The normalized spacial score (nSPS) is 12.3. The van der Waals surface area contributed by atoms with Crippen LogP contribution in [0.3, 0.4) is 0 Å². The van der Waals surface area contributed by atoms with Crippen molar-refractivity contribution in [2.75, 3.05) is 6.54 Å². The highest BCUT2D eigenvalue weighted by molar-refractivity contribution is 7.09. The molecule has 0 saturated carbocycles. The minimum atomic E-state index is -4.41. The molecule has 0 bridgehead atoms. The maximum atomic E-state index is 12.5. The van der Waals surface area contributed by atoms with Crippen molar-refractivity contribution in [2.24, 2.45) is 4.99 Å². The fourth-order valence-corrected chi connectivity index (χ4v) is 2.60. The molecule has 0 fully saturated rings. The number of hydrogen-bond donors (Lipinski definition) is 2. The first kappa shape index (κ1) is 18.2. The highest BCUT2D eigenvalue weighted by Crippen LogP contribution is 2.29. The van der Waals surface area contributed by atoms with Gasteiger partial charge >= 0.3 is 6.18 Å². The van der Waals surface area contributed by atoms with E-state index in [9.17, 15) is 13.2 Å². The van der Waals surface area contributed by atoms with Crippen LogP contribution in [0.4, 0.5) is 13.2 Å². The second-order valence-corrected chi connectivity index (χ2v) is 5.88. The zero-order valence-corrected chi connectivity index (χ0v) is 14.1. The number of aromatic nitrogens is 2. The van der Waals surface area contributed by atoms with Gasteiger partial charge in [-0.1, -0.05) is 6.07 Å². The SMILES string of the molecule is CCNC(=NCc1ncccc1C)NCc1nc(C(F)(F)F)cs1. The molecule has 2 N–H and O–H groups in total. The predicted octanol–water partition coefficient (Wildman–Crippen LogP) is 3.12. The zero-order chi connectivity index (χ0) is 17.6. The van der Waals surface area contributed by atoms with Crippen molar-refractivity contribution < 1.29 is 13.2 Å². The lowest BCUT2D eigenvalue weighted by Gasteiger charge is -2.10. The molecule has 9 heteroatoms. The van der Waals surface area contributed by atoms with Crippen molar-refractivity contribution in [2.45, 2.75) is 33.1 Å². The van der Waals surface area contributed by atoms with Gasteiger partial charge in [-0.2, -0.15) is 13.2 Å². The summed E-state index contributed by atoms with van der Waals surface area (Å²) in [6, 6.07) is 3.80. The Kier molecular flexibility index (Phi) is 6.13.